The summed E-state index contributed by atoms with van der Waals surface area (Å²) in [5.74, 6) is 0.733. The van der Waals surface area contributed by atoms with Gasteiger partial charge >= 0.3 is 0 Å². The molecule has 1 atom stereocenters. The minimum atomic E-state index is -0.0970. The van der Waals surface area contributed by atoms with E-state index in [1.54, 1.807) is 0 Å². The second-order valence-corrected chi connectivity index (χ2v) is 6.27. The number of benzene rings is 2. The van der Waals surface area contributed by atoms with E-state index in [9.17, 15) is 9.59 Å². The lowest BCUT2D eigenvalue weighted by Crippen LogP contribution is -2.32. The molecule has 0 saturated carbocycles. The Labute approximate surface area is 148 Å². The zero-order valence-corrected chi connectivity index (χ0v) is 14.5. The predicted molar refractivity (Wildman–Crippen MR) is 96.8 cm³/mol. The number of carbonyl (C=O) groups excluding carboxylic acids is 2. The molecule has 4 nitrogen and oxygen atoms in total. The van der Waals surface area contributed by atoms with Crippen LogP contribution in [0.5, 0.6) is 5.75 Å². The predicted octanol–water partition coefficient (Wildman–Crippen LogP) is 3.85. The van der Waals surface area contributed by atoms with Crippen LogP contribution in [0.3, 0.4) is 0 Å². The highest BCUT2D eigenvalue weighted by Crippen LogP contribution is 2.31. The van der Waals surface area contributed by atoms with Crippen molar-refractivity contribution < 1.29 is 14.3 Å². The van der Waals surface area contributed by atoms with Crippen LogP contribution in [0.15, 0.2) is 48.5 Å². The third-order valence-corrected chi connectivity index (χ3v) is 4.56. The summed E-state index contributed by atoms with van der Waals surface area (Å²) in [6, 6.07) is 15.3. The van der Waals surface area contributed by atoms with Gasteiger partial charge in [-0.05, 0) is 18.1 Å². The average molecular weight is 337 g/mol. The number of hydrogen-bond donors (Lipinski definition) is 1. The van der Waals surface area contributed by atoms with Gasteiger partial charge in [0.05, 0.1) is 12.6 Å². The summed E-state index contributed by atoms with van der Waals surface area (Å²) in [6.07, 6.45) is 2.12. The Morgan fingerprint density at radius 2 is 1.84 bits per heavy atom. The van der Waals surface area contributed by atoms with Crippen molar-refractivity contribution in [3.63, 3.8) is 0 Å². The third-order valence-electron chi connectivity index (χ3n) is 4.56. The van der Waals surface area contributed by atoms with Crippen molar-refractivity contribution in [3.8, 4) is 5.75 Å². The molecule has 0 bridgehead atoms. The van der Waals surface area contributed by atoms with E-state index in [0.29, 0.717) is 12.2 Å². The van der Waals surface area contributed by atoms with Crippen LogP contribution in [0.4, 0.5) is 0 Å². The molecular formula is C21H23NO3. The van der Waals surface area contributed by atoms with Gasteiger partial charge < -0.3 is 10.1 Å². The van der Waals surface area contributed by atoms with Crippen molar-refractivity contribution in [2.24, 2.45) is 0 Å². The molecule has 1 heterocycles. The summed E-state index contributed by atoms with van der Waals surface area (Å²) in [4.78, 5) is 24.5. The van der Waals surface area contributed by atoms with Gasteiger partial charge in [-0.15, -0.1) is 0 Å². The van der Waals surface area contributed by atoms with E-state index in [0.717, 1.165) is 24.2 Å². The maximum atomic E-state index is 12.3. The molecule has 25 heavy (non-hydrogen) atoms. The topological polar surface area (TPSA) is 55.4 Å². The third kappa shape index (κ3) is 4.27. The first-order chi connectivity index (χ1) is 12.2. The van der Waals surface area contributed by atoms with Crippen molar-refractivity contribution >= 4 is 11.7 Å². The van der Waals surface area contributed by atoms with E-state index in [4.69, 9.17) is 4.74 Å². The summed E-state index contributed by atoms with van der Waals surface area (Å²) in [5.41, 5.74) is 2.87. The number of nitrogens with one attached hydrogen (secondary N) is 1. The molecule has 2 aromatic carbocycles. The van der Waals surface area contributed by atoms with E-state index < -0.39 is 0 Å². The van der Waals surface area contributed by atoms with E-state index in [-0.39, 0.29) is 30.6 Å². The first-order valence-corrected chi connectivity index (χ1v) is 8.80. The van der Waals surface area contributed by atoms with Gasteiger partial charge in [-0.25, -0.2) is 0 Å². The molecule has 0 fully saturated rings. The Bertz CT molecular complexity index is 752. The van der Waals surface area contributed by atoms with Crippen LogP contribution in [0, 0.1) is 0 Å². The SMILES string of the molecule is CCc1ccc(C(=O)CCC(=O)NC2CCOc3ccccc32)cc1. The second kappa shape index (κ2) is 7.97. The Kier molecular flexibility index (Phi) is 5.49. The molecule has 1 amide bonds. The summed E-state index contributed by atoms with van der Waals surface area (Å²) in [7, 11) is 0. The van der Waals surface area contributed by atoms with E-state index >= 15 is 0 Å². The van der Waals surface area contributed by atoms with Crippen molar-refractivity contribution in [2.45, 2.75) is 38.6 Å². The first kappa shape index (κ1) is 17.2. The first-order valence-electron chi connectivity index (χ1n) is 8.80. The standard InChI is InChI=1S/C21H23NO3/c1-2-15-7-9-16(10-8-15)19(23)11-12-21(24)22-18-13-14-25-20-6-4-3-5-17(18)20/h3-10,18H,2,11-14H2,1H3,(H,22,24). The minimum Gasteiger partial charge on any atom is -0.493 e. The van der Waals surface area contributed by atoms with Gasteiger partial charge in [-0.3, -0.25) is 9.59 Å². The average Bonchev–Trinajstić information content (AvgIpc) is 2.66. The number of ether oxygens (including phenoxy) is 1. The summed E-state index contributed by atoms with van der Waals surface area (Å²) in [6.45, 7) is 2.67. The molecule has 0 aliphatic carbocycles. The van der Waals surface area contributed by atoms with E-state index in [1.807, 2.05) is 48.5 Å². The molecule has 1 aliphatic heterocycles. The molecule has 130 valence electrons. The molecule has 3 rings (SSSR count). The molecular weight excluding hydrogens is 314 g/mol. The zero-order valence-electron chi connectivity index (χ0n) is 14.5. The summed E-state index contributed by atoms with van der Waals surface area (Å²) < 4.78 is 5.60. The monoisotopic (exact) mass is 337 g/mol. The number of carbonyl (C=O) groups is 2. The highest BCUT2D eigenvalue weighted by Gasteiger charge is 2.22. The van der Waals surface area contributed by atoms with Gasteiger partial charge in [0.25, 0.3) is 0 Å². The van der Waals surface area contributed by atoms with Crippen LogP contribution in [0.2, 0.25) is 0 Å². The maximum Gasteiger partial charge on any atom is 0.220 e. The highest BCUT2D eigenvalue weighted by molar-refractivity contribution is 5.98. The van der Waals surface area contributed by atoms with Crippen molar-refractivity contribution in [3.05, 3.63) is 65.2 Å². The largest absolute Gasteiger partial charge is 0.493 e. The van der Waals surface area contributed by atoms with Gasteiger partial charge in [0.15, 0.2) is 5.78 Å². The number of Topliss-reactive ketones (excluding diaryl/α,β-unsaturated/α-hetero) is 1. The number of hydrogen-bond acceptors (Lipinski definition) is 3. The van der Waals surface area contributed by atoms with Crippen LogP contribution in [0.25, 0.3) is 0 Å². The zero-order chi connectivity index (χ0) is 17.6. The van der Waals surface area contributed by atoms with Gasteiger partial charge in [-0.2, -0.15) is 0 Å². The lowest BCUT2D eigenvalue weighted by Gasteiger charge is -2.26. The maximum absolute atomic E-state index is 12.3. The lowest BCUT2D eigenvalue weighted by atomic mass is 10.00. The van der Waals surface area contributed by atoms with Gasteiger partial charge in [0.1, 0.15) is 5.75 Å². The number of ketones is 1. The lowest BCUT2D eigenvalue weighted by molar-refractivity contribution is -0.122. The molecule has 1 aliphatic rings. The Morgan fingerprint density at radius 3 is 2.60 bits per heavy atom. The van der Waals surface area contributed by atoms with Crippen LogP contribution in [0.1, 0.15) is 53.7 Å². The van der Waals surface area contributed by atoms with Crippen LogP contribution in [-0.4, -0.2) is 18.3 Å². The summed E-state index contributed by atoms with van der Waals surface area (Å²) >= 11 is 0. The van der Waals surface area contributed by atoms with Crippen LogP contribution >= 0.6 is 0 Å². The smallest absolute Gasteiger partial charge is 0.220 e. The molecule has 1 unspecified atom stereocenters. The molecule has 0 aromatic heterocycles. The number of para-hydroxylation sites is 1. The molecule has 0 radical (unpaired) electrons. The molecule has 2 aromatic rings. The number of fused-ring (bicyclic) bond motifs is 1. The van der Waals surface area contributed by atoms with Gasteiger partial charge in [0, 0.05) is 30.4 Å². The quantitative estimate of drug-likeness (QED) is 0.815. The van der Waals surface area contributed by atoms with Crippen molar-refractivity contribution in [2.75, 3.05) is 6.61 Å². The second-order valence-electron chi connectivity index (χ2n) is 6.27. The Hall–Kier alpha value is -2.62. The van der Waals surface area contributed by atoms with Crippen LogP contribution in [-0.2, 0) is 11.2 Å². The fourth-order valence-corrected chi connectivity index (χ4v) is 3.06. The fourth-order valence-electron chi connectivity index (χ4n) is 3.06. The number of amides is 1. The normalized spacial score (nSPS) is 15.8. The fraction of sp³-hybridized carbons (Fsp3) is 0.333. The Morgan fingerprint density at radius 1 is 1.08 bits per heavy atom. The molecule has 1 N–H and O–H groups in total. The van der Waals surface area contributed by atoms with Gasteiger partial charge in [0.2, 0.25) is 5.91 Å². The highest BCUT2D eigenvalue weighted by atomic mass is 16.5. The van der Waals surface area contributed by atoms with Crippen molar-refractivity contribution in [1.29, 1.82) is 0 Å². The molecule has 4 heteroatoms. The van der Waals surface area contributed by atoms with Gasteiger partial charge in [-0.1, -0.05) is 49.4 Å². The molecule has 0 saturated heterocycles. The summed E-state index contributed by atoms with van der Waals surface area (Å²) in [5, 5.41) is 3.03. The molecule has 0 spiro atoms. The van der Waals surface area contributed by atoms with E-state index in [2.05, 4.69) is 12.2 Å². The minimum absolute atomic E-state index is 0.00480. The number of rotatable bonds is 6. The van der Waals surface area contributed by atoms with E-state index in [1.165, 1.54) is 5.56 Å². The Balaban J connectivity index is 1.54. The number of aryl methyl sites for hydroxylation is 1. The van der Waals surface area contributed by atoms with Crippen molar-refractivity contribution in [1.82, 2.24) is 5.32 Å². The van der Waals surface area contributed by atoms with Crippen LogP contribution < -0.4 is 10.1 Å².